The smallest absolute Gasteiger partial charge is 0.481 e. The Morgan fingerprint density at radius 1 is 0.386 bits per heavy atom. The molecule has 0 unspecified atom stereocenters. The van der Waals surface area contributed by atoms with E-state index < -0.39 is 14.8 Å². The van der Waals surface area contributed by atoms with Gasteiger partial charge in [-0.25, -0.2) is 0 Å². The molecule has 0 saturated carbocycles. The van der Waals surface area contributed by atoms with Crippen molar-refractivity contribution in [2.24, 2.45) is 0 Å². The highest BCUT2D eigenvalue weighted by molar-refractivity contribution is 6.60. The molecule has 0 aromatic rings. The first-order valence-corrected chi connectivity index (χ1v) is 21.7. The molecule has 0 fully saturated rings. The molecule has 0 bridgehead atoms. The maximum Gasteiger partial charge on any atom is 0.500 e. The van der Waals surface area contributed by atoms with E-state index in [2.05, 4.69) is 0 Å². The second-order valence-electron chi connectivity index (χ2n) is 13.1. The van der Waals surface area contributed by atoms with Gasteiger partial charge in [0.05, 0.1) is 0 Å². The third-order valence-corrected chi connectivity index (χ3v) is 12.1. The molecule has 0 aliphatic carbocycles. The lowest BCUT2D eigenvalue weighted by molar-refractivity contribution is -0.137. The van der Waals surface area contributed by atoms with E-state index in [1.807, 2.05) is 20.8 Å². The van der Waals surface area contributed by atoms with Crippen molar-refractivity contribution in [3.8, 4) is 0 Å². The molecule has 0 heterocycles. The monoisotopic (exact) mass is 643 g/mol. The molecule has 0 aliphatic heterocycles. The molecule has 0 saturated heterocycles. The van der Waals surface area contributed by atoms with Crippen LogP contribution in [-0.4, -0.2) is 39.7 Å². The maximum absolute atomic E-state index is 10.5. The quantitative estimate of drug-likeness (QED) is 0.0536. The summed E-state index contributed by atoms with van der Waals surface area (Å²) in [6.45, 7) is 8.15. The molecule has 0 amide bonds. The molecule has 0 aromatic heterocycles. The average Bonchev–Trinajstić information content (AvgIpc) is 3.00. The highest BCUT2D eigenvalue weighted by Gasteiger charge is 2.39. The zero-order chi connectivity index (χ0) is 32.2. The van der Waals surface area contributed by atoms with Gasteiger partial charge >= 0.3 is 14.8 Å². The van der Waals surface area contributed by atoms with Gasteiger partial charge in [0.2, 0.25) is 0 Å². The first kappa shape index (κ1) is 43.6. The van der Waals surface area contributed by atoms with Crippen LogP contribution < -0.4 is 0 Å². The zero-order valence-corrected chi connectivity index (χ0v) is 31.1. The van der Waals surface area contributed by atoms with Crippen LogP contribution in [0.25, 0.3) is 0 Å². The number of rotatable bonds is 38. The minimum absolute atomic E-state index is 0.341. The predicted octanol–water partition coefficient (Wildman–Crippen LogP) is 12.8. The van der Waals surface area contributed by atoms with E-state index in [1.54, 1.807) is 0 Å². The van der Waals surface area contributed by atoms with Crippen molar-refractivity contribution in [2.75, 3.05) is 19.8 Å². The van der Waals surface area contributed by atoms with Gasteiger partial charge in [-0.1, -0.05) is 173 Å². The molecule has 264 valence electrons. The van der Waals surface area contributed by atoms with Crippen LogP contribution in [0.5, 0.6) is 0 Å². The summed E-state index contributed by atoms with van der Waals surface area (Å²) in [6, 6.07) is 0.965. The van der Waals surface area contributed by atoms with Crippen LogP contribution in [-0.2, 0) is 18.1 Å². The summed E-state index contributed by atoms with van der Waals surface area (Å²) < 4.78 is 17.9. The van der Waals surface area contributed by atoms with Gasteiger partial charge in [0.15, 0.2) is 0 Å². The first-order chi connectivity index (χ1) is 21.6. The lowest BCUT2D eigenvalue weighted by Gasteiger charge is -2.28. The van der Waals surface area contributed by atoms with Crippen LogP contribution in [0.15, 0.2) is 0 Å². The topological polar surface area (TPSA) is 65.0 Å². The summed E-state index contributed by atoms with van der Waals surface area (Å²) in [5.41, 5.74) is 0. The summed E-state index contributed by atoms with van der Waals surface area (Å²) in [4.78, 5) is 10.5. The Labute approximate surface area is 276 Å². The number of unbranched alkanes of at least 4 members (excludes halogenated alkanes) is 28. The highest BCUT2D eigenvalue weighted by atomic mass is 28.4. The van der Waals surface area contributed by atoms with Gasteiger partial charge in [0, 0.05) is 32.3 Å². The SMILES string of the molecule is CCO[Si](CCCCCCCCCCCCCCCCCCCCCCCCCCCCCCCC(=O)O)(OCC)OCC. The van der Waals surface area contributed by atoms with Crippen molar-refractivity contribution in [3.05, 3.63) is 0 Å². The van der Waals surface area contributed by atoms with Crippen LogP contribution in [0.2, 0.25) is 6.04 Å². The Hall–Kier alpha value is -0.433. The van der Waals surface area contributed by atoms with Crippen molar-refractivity contribution in [2.45, 2.75) is 219 Å². The van der Waals surface area contributed by atoms with Crippen molar-refractivity contribution in [1.29, 1.82) is 0 Å². The van der Waals surface area contributed by atoms with E-state index in [1.165, 1.54) is 167 Å². The summed E-state index contributed by atoms with van der Waals surface area (Å²) in [5, 5.41) is 8.65. The molecule has 44 heavy (non-hydrogen) atoms. The molecular weight excluding hydrogens is 564 g/mol. The fraction of sp³-hybridized carbons (Fsp3) is 0.974. The van der Waals surface area contributed by atoms with E-state index >= 15 is 0 Å². The molecule has 5 nitrogen and oxygen atoms in total. The van der Waals surface area contributed by atoms with E-state index in [4.69, 9.17) is 18.4 Å². The summed E-state index contributed by atoms with van der Waals surface area (Å²) in [5.74, 6) is -0.652. The maximum atomic E-state index is 10.5. The van der Waals surface area contributed by atoms with E-state index in [9.17, 15) is 4.79 Å². The highest BCUT2D eigenvalue weighted by Crippen LogP contribution is 2.21. The largest absolute Gasteiger partial charge is 0.500 e. The molecular formula is C38H78O5Si. The first-order valence-electron chi connectivity index (χ1n) is 19.7. The van der Waals surface area contributed by atoms with Crippen LogP contribution in [0.3, 0.4) is 0 Å². The number of hydrogen-bond donors (Lipinski definition) is 1. The van der Waals surface area contributed by atoms with Gasteiger partial charge in [-0.2, -0.15) is 0 Å². The molecule has 0 rings (SSSR count). The average molecular weight is 643 g/mol. The zero-order valence-electron chi connectivity index (χ0n) is 30.1. The van der Waals surface area contributed by atoms with E-state index in [0.29, 0.717) is 26.2 Å². The molecule has 6 heteroatoms. The van der Waals surface area contributed by atoms with Crippen molar-refractivity contribution in [1.82, 2.24) is 0 Å². The van der Waals surface area contributed by atoms with Crippen LogP contribution in [0, 0.1) is 0 Å². The Bertz CT molecular complexity index is 556. The number of carbonyl (C=O) groups is 1. The van der Waals surface area contributed by atoms with E-state index in [0.717, 1.165) is 25.3 Å². The van der Waals surface area contributed by atoms with Crippen LogP contribution >= 0.6 is 0 Å². The lowest BCUT2D eigenvalue weighted by Crippen LogP contribution is -2.45. The van der Waals surface area contributed by atoms with Gasteiger partial charge in [-0.15, -0.1) is 0 Å². The van der Waals surface area contributed by atoms with Gasteiger partial charge < -0.3 is 18.4 Å². The molecule has 0 radical (unpaired) electrons. The molecule has 0 spiro atoms. The Morgan fingerprint density at radius 3 is 0.795 bits per heavy atom. The normalized spacial score (nSPS) is 11.9. The minimum Gasteiger partial charge on any atom is -0.481 e. The summed E-state index contributed by atoms with van der Waals surface area (Å²) in [7, 11) is -2.43. The second kappa shape index (κ2) is 35.4. The lowest BCUT2D eigenvalue weighted by atomic mass is 10.0. The number of hydrogen-bond acceptors (Lipinski definition) is 4. The van der Waals surface area contributed by atoms with Gasteiger partial charge in [0.25, 0.3) is 0 Å². The Morgan fingerprint density at radius 2 is 0.591 bits per heavy atom. The second-order valence-corrected chi connectivity index (χ2v) is 15.9. The molecule has 0 aliphatic rings. The van der Waals surface area contributed by atoms with Crippen molar-refractivity contribution >= 4 is 14.8 Å². The third-order valence-electron chi connectivity index (χ3n) is 8.97. The Kier molecular flexibility index (Phi) is 35.1. The number of carboxylic acids is 1. The van der Waals surface area contributed by atoms with Gasteiger partial charge in [-0.3, -0.25) is 4.79 Å². The minimum atomic E-state index is -2.43. The fourth-order valence-electron chi connectivity index (χ4n) is 6.39. The molecule has 0 aromatic carbocycles. The van der Waals surface area contributed by atoms with Gasteiger partial charge in [0.1, 0.15) is 0 Å². The molecule has 1 N–H and O–H groups in total. The summed E-state index contributed by atoms with van der Waals surface area (Å²) >= 11 is 0. The third kappa shape index (κ3) is 31.5. The van der Waals surface area contributed by atoms with E-state index in [-0.39, 0.29) is 0 Å². The van der Waals surface area contributed by atoms with Gasteiger partial charge in [-0.05, 0) is 33.6 Å². The van der Waals surface area contributed by atoms with Crippen molar-refractivity contribution in [3.63, 3.8) is 0 Å². The fourth-order valence-corrected chi connectivity index (χ4v) is 9.08. The molecule has 0 atom stereocenters. The predicted molar refractivity (Wildman–Crippen MR) is 192 cm³/mol. The van der Waals surface area contributed by atoms with Crippen LogP contribution in [0.1, 0.15) is 213 Å². The summed E-state index contributed by atoms with van der Waals surface area (Å²) in [6.07, 6.45) is 39.8. The Balaban J connectivity index is 3.24. The number of carboxylic acid groups (broad SMARTS) is 1. The van der Waals surface area contributed by atoms with Crippen molar-refractivity contribution < 1.29 is 23.2 Å². The number of aliphatic carboxylic acids is 1. The standard InChI is InChI=1S/C38H78O5Si/c1-4-41-44(42-5-2,43-6-3)37-35-33-31-29-27-25-23-21-19-17-15-13-11-9-7-8-10-12-14-16-18-20-22-24-26-28-30-32-34-36-38(39)40/h4-37H2,1-3H3,(H,39,40). The van der Waals surface area contributed by atoms with Crippen LogP contribution in [0.4, 0.5) is 0 Å².